The maximum Gasteiger partial charge on any atom is 0.335 e. The molecule has 1 N–H and O–H groups in total. The summed E-state index contributed by atoms with van der Waals surface area (Å²) in [4.78, 5) is 20.1. The minimum atomic E-state index is -0.931. The average molecular weight is 366 g/mol. The van der Waals surface area contributed by atoms with Gasteiger partial charge in [0.05, 0.1) is 23.9 Å². The first-order chi connectivity index (χ1) is 13.1. The Morgan fingerprint density at radius 3 is 2.74 bits per heavy atom. The van der Waals surface area contributed by atoms with Crippen LogP contribution in [0.25, 0.3) is 22.2 Å². The molecular weight excluding hydrogens is 347 g/mol. The fraction of sp³-hybridized carbons (Fsp3) is 0.286. The molecule has 0 radical (unpaired) electrons. The third kappa shape index (κ3) is 3.23. The molecule has 138 valence electrons. The van der Waals surface area contributed by atoms with E-state index in [0.29, 0.717) is 28.1 Å². The van der Waals surface area contributed by atoms with Crippen molar-refractivity contribution in [2.75, 3.05) is 7.11 Å². The van der Waals surface area contributed by atoms with E-state index in [1.807, 2.05) is 6.07 Å². The standard InChI is InChI=1S/C21H19FN2O3/c1-27-19-10-18-16(9-17(19)22)20(24-11-23-18)13-5-6-15(21(25)26)14(8-13)7-12-3-2-4-12/h5-6,8-12H,2-4,7H2,1H3,(H,25,26). The van der Waals surface area contributed by atoms with Gasteiger partial charge in [0.25, 0.3) is 0 Å². The molecule has 0 amide bonds. The van der Waals surface area contributed by atoms with Crippen LogP contribution in [0.3, 0.4) is 0 Å². The predicted molar refractivity (Wildman–Crippen MR) is 99.5 cm³/mol. The van der Waals surface area contributed by atoms with E-state index in [1.54, 1.807) is 12.1 Å². The van der Waals surface area contributed by atoms with Gasteiger partial charge in [-0.05, 0) is 36.1 Å². The molecule has 2 aromatic carbocycles. The Morgan fingerprint density at radius 2 is 2.07 bits per heavy atom. The summed E-state index contributed by atoms with van der Waals surface area (Å²) in [5.41, 5.74) is 3.02. The summed E-state index contributed by atoms with van der Waals surface area (Å²) in [5.74, 6) is -0.765. The Balaban J connectivity index is 1.84. The zero-order valence-electron chi connectivity index (χ0n) is 14.9. The fourth-order valence-electron chi connectivity index (χ4n) is 3.57. The van der Waals surface area contributed by atoms with Crippen LogP contribution in [-0.4, -0.2) is 28.2 Å². The molecule has 0 aliphatic heterocycles. The number of methoxy groups -OCH3 is 1. The van der Waals surface area contributed by atoms with Crippen LogP contribution in [0.4, 0.5) is 4.39 Å². The number of nitrogens with zero attached hydrogens (tertiary/aromatic N) is 2. The Kier molecular flexibility index (Phi) is 4.48. The summed E-state index contributed by atoms with van der Waals surface area (Å²) in [7, 11) is 1.41. The molecule has 0 atom stereocenters. The first-order valence-electron chi connectivity index (χ1n) is 8.91. The molecule has 0 unspecified atom stereocenters. The van der Waals surface area contributed by atoms with Gasteiger partial charge in [-0.2, -0.15) is 0 Å². The van der Waals surface area contributed by atoms with Gasteiger partial charge in [-0.15, -0.1) is 0 Å². The number of aromatic carboxylic acids is 1. The molecule has 1 saturated carbocycles. The van der Waals surface area contributed by atoms with Gasteiger partial charge >= 0.3 is 5.97 Å². The summed E-state index contributed by atoms with van der Waals surface area (Å²) >= 11 is 0. The van der Waals surface area contributed by atoms with Gasteiger partial charge in [0.2, 0.25) is 0 Å². The van der Waals surface area contributed by atoms with Gasteiger partial charge in [-0.1, -0.05) is 25.3 Å². The van der Waals surface area contributed by atoms with E-state index >= 15 is 0 Å². The van der Waals surface area contributed by atoms with Crippen LogP contribution in [0.2, 0.25) is 0 Å². The van der Waals surface area contributed by atoms with E-state index in [1.165, 1.54) is 32.0 Å². The number of ether oxygens (including phenoxy) is 1. The molecule has 1 aliphatic carbocycles. The summed E-state index contributed by atoms with van der Waals surface area (Å²) in [6, 6.07) is 8.10. The van der Waals surface area contributed by atoms with E-state index in [4.69, 9.17) is 4.74 Å². The average Bonchev–Trinajstić information content (AvgIpc) is 2.63. The highest BCUT2D eigenvalue weighted by Crippen LogP contribution is 2.34. The van der Waals surface area contributed by atoms with Crippen LogP contribution in [0.15, 0.2) is 36.7 Å². The van der Waals surface area contributed by atoms with E-state index in [0.717, 1.165) is 30.4 Å². The predicted octanol–water partition coefficient (Wildman–Crippen LogP) is 4.49. The number of benzene rings is 2. The molecule has 1 heterocycles. The lowest BCUT2D eigenvalue weighted by atomic mass is 9.79. The first kappa shape index (κ1) is 17.4. The van der Waals surface area contributed by atoms with Crippen LogP contribution >= 0.6 is 0 Å². The minimum absolute atomic E-state index is 0.124. The highest BCUT2D eigenvalue weighted by Gasteiger charge is 2.22. The number of hydrogen-bond acceptors (Lipinski definition) is 4. The van der Waals surface area contributed by atoms with Crippen molar-refractivity contribution in [2.45, 2.75) is 25.7 Å². The summed E-state index contributed by atoms with van der Waals surface area (Å²) in [6.07, 6.45) is 5.62. The van der Waals surface area contributed by atoms with Crippen LogP contribution < -0.4 is 4.74 Å². The zero-order chi connectivity index (χ0) is 19.0. The molecule has 27 heavy (non-hydrogen) atoms. The van der Waals surface area contributed by atoms with Gasteiger partial charge in [0, 0.05) is 17.0 Å². The second-order valence-electron chi connectivity index (χ2n) is 6.90. The fourth-order valence-corrected chi connectivity index (χ4v) is 3.57. The lowest BCUT2D eigenvalue weighted by Gasteiger charge is -2.26. The molecule has 0 saturated heterocycles. The van der Waals surface area contributed by atoms with Gasteiger partial charge in [-0.3, -0.25) is 0 Å². The summed E-state index contributed by atoms with van der Waals surface area (Å²) < 4.78 is 19.3. The quantitative estimate of drug-likeness (QED) is 0.720. The van der Waals surface area contributed by atoms with Crippen molar-refractivity contribution in [1.29, 1.82) is 0 Å². The molecule has 6 heteroatoms. The maximum absolute atomic E-state index is 14.2. The molecule has 3 aromatic rings. The van der Waals surface area contributed by atoms with Crippen molar-refractivity contribution in [2.24, 2.45) is 5.92 Å². The molecule has 0 bridgehead atoms. The number of halogens is 1. The van der Waals surface area contributed by atoms with Crippen LogP contribution in [-0.2, 0) is 6.42 Å². The van der Waals surface area contributed by atoms with Gasteiger partial charge in [0.1, 0.15) is 6.33 Å². The van der Waals surface area contributed by atoms with Crippen LogP contribution in [0, 0.1) is 11.7 Å². The number of carbonyl (C=O) groups is 1. The molecular formula is C21H19FN2O3. The Bertz CT molecular complexity index is 1030. The lowest BCUT2D eigenvalue weighted by Crippen LogP contribution is -2.16. The lowest BCUT2D eigenvalue weighted by molar-refractivity contribution is 0.0695. The second-order valence-corrected chi connectivity index (χ2v) is 6.90. The van der Waals surface area contributed by atoms with Crippen molar-refractivity contribution in [1.82, 2.24) is 9.97 Å². The molecule has 5 nitrogen and oxygen atoms in total. The number of rotatable bonds is 5. The van der Waals surface area contributed by atoms with Gasteiger partial charge in [-0.25, -0.2) is 19.2 Å². The SMILES string of the molecule is COc1cc2ncnc(-c3ccc(C(=O)O)c(CC4CCC4)c3)c2cc1F. The topological polar surface area (TPSA) is 72.3 Å². The first-order valence-corrected chi connectivity index (χ1v) is 8.91. The molecule has 1 aromatic heterocycles. The Labute approximate surface area is 155 Å². The molecule has 1 aliphatic rings. The van der Waals surface area contributed by atoms with Gasteiger partial charge < -0.3 is 9.84 Å². The zero-order valence-corrected chi connectivity index (χ0v) is 14.9. The van der Waals surface area contributed by atoms with Crippen molar-refractivity contribution in [3.05, 3.63) is 53.6 Å². The second kappa shape index (κ2) is 6.95. The normalized spacial score (nSPS) is 14.1. The maximum atomic E-state index is 14.2. The van der Waals surface area contributed by atoms with E-state index in [9.17, 15) is 14.3 Å². The van der Waals surface area contributed by atoms with E-state index in [2.05, 4.69) is 9.97 Å². The van der Waals surface area contributed by atoms with Gasteiger partial charge in [0.15, 0.2) is 11.6 Å². The van der Waals surface area contributed by atoms with Crippen molar-refractivity contribution in [3.63, 3.8) is 0 Å². The summed E-state index contributed by atoms with van der Waals surface area (Å²) in [6.45, 7) is 0. The molecule has 1 fully saturated rings. The number of hydrogen-bond donors (Lipinski definition) is 1. The summed E-state index contributed by atoms with van der Waals surface area (Å²) in [5, 5.41) is 10.1. The van der Waals surface area contributed by atoms with Crippen LogP contribution in [0.1, 0.15) is 35.2 Å². The van der Waals surface area contributed by atoms with Crippen molar-refractivity contribution in [3.8, 4) is 17.0 Å². The van der Waals surface area contributed by atoms with E-state index in [-0.39, 0.29) is 5.75 Å². The smallest absolute Gasteiger partial charge is 0.335 e. The Hall–Kier alpha value is -3.02. The van der Waals surface area contributed by atoms with Crippen LogP contribution in [0.5, 0.6) is 5.75 Å². The molecule has 4 rings (SSSR count). The number of carboxylic acid groups (broad SMARTS) is 1. The third-order valence-corrected chi connectivity index (χ3v) is 5.25. The number of fused-ring (bicyclic) bond motifs is 1. The largest absolute Gasteiger partial charge is 0.494 e. The van der Waals surface area contributed by atoms with E-state index < -0.39 is 11.8 Å². The van der Waals surface area contributed by atoms with Crippen molar-refractivity contribution >= 4 is 16.9 Å². The monoisotopic (exact) mass is 366 g/mol. The number of carboxylic acids is 1. The minimum Gasteiger partial charge on any atom is -0.494 e. The highest BCUT2D eigenvalue weighted by molar-refractivity contribution is 5.95. The Morgan fingerprint density at radius 1 is 1.26 bits per heavy atom. The third-order valence-electron chi connectivity index (χ3n) is 5.25. The number of aromatic nitrogens is 2. The molecule has 0 spiro atoms. The highest BCUT2D eigenvalue weighted by atomic mass is 19.1. The van der Waals surface area contributed by atoms with Crippen molar-refractivity contribution < 1.29 is 19.0 Å².